The predicted molar refractivity (Wildman–Crippen MR) is 162 cm³/mol. The average Bonchev–Trinajstić information content (AvgIpc) is 3.84. The molecule has 4 amide bonds. The Balaban J connectivity index is 1.23. The molecule has 3 fully saturated rings. The number of halogens is 2. The van der Waals surface area contributed by atoms with Crippen LogP contribution in [0.4, 0.5) is 8.78 Å². The standard InChI is InChI=1S/C33H35F2N5O6/c34-33(35)46-26-11-5-10-23-22(26)15-25(38-23)32(45)40-17-20-8-4-9-21(20)27(40)30(43)39-24(14-19-12-13-36-29(19)42)28(41)31(44)37-16-18-6-2-1-3-7-18/h1-3,5-7,10-11,15,19-21,24,27,33,38H,4,8-9,12-14,16-17H2,(H,36,42)(H,37,44)(H,39,43)/t19?,20-,21-,24-,27-/m0/s1. The maximum absolute atomic E-state index is 14.1. The van der Waals surface area contributed by atoms with Crippen molar-refractivity contribution in [2.75, 3.05) is 13.1 Å². The third-order valence-corrected chi connectivity index (χ3v) is 9.33. The number of amides is 4. The number of ketones is 1. The molecule has 242 valence electrons. The summed E-state index contributed by atoms with van der Waals surface area (Å²) in [5.41, 5.74) is 1.31. The lowest BCUT2D eigenvalue weighted by Gasteiger charge is -2.29. The molecular weight excluding hydrogens is 600 g/mol. The van der Waals surface area contributed by atoms with Crippen molar-refractivity contribution < 1.29 is 37.5 Å². The maximum atomic E-state index is 14.1. The summed E-state index contributed by atoms with van der Waals surface area (Å²) in [5, 5.41) is 8.38. The van der Waals surface area contributed by atoms with Gasteiger partial charge in [-0.1, -0.05) is 42.8 Å². The highest BCUT2D eigenvalue weighted by Crippen LogP contribution is 2.43. The summed E-state index contributed by atoms with van der Waals surface area (Å²) < 4.78 is 30.6. The van der Waals surface area contributed by atoms with Gasteiger partial charge in [-0.3, -0.25) is 24.0 Å². The third-order valence-electron chi connectivity index (χ3n) is 9.33. The van der Waals surface area contributed by atoms with Crippen molar-refractivity contribution in [3.8, 4) is 5.75 Å². The lowest BCUT2D eigenvalue weighted by Crippen LogP contribution is -2.55. The van der Waals surface area contributed by atoms with Crippen LogP contribution in [-0.2, 0) is 25.7 Å². The quantitative estimate of drug-likeness (QED) is 0.238. The molecule has 13 heteroatoms. The van der Waals surface area contributed by atoms with Crippen molar-refractivity contribution in [3.63, 3.8) is 0 Å². The fourth-order valence-electron chi connectivity index (χ4n) is 7.11. The number of carbonyl (C=O) groups is 5. The zero-order valence-corrected chi connectivity index (χ0v) is 25.0. The van der Waals surface area contributed by atoms with E-state index in [0.29, 0.717) is 36.8 Å². The number of alkyl halides is 2. The summed E-state index contributed by atoms with van der Waals surface area (Å²) >= 11 is 0. The number of benzene rings is 2. The number of H-pyrrole nitrogens is 1. The molecule has 1 saturated carbocycles. The van der Waals surface area contributed by atoms with Crippen molar-refractivity contribution in [2.45, 2.75) is 57.3 Å². The summed E-state index contributed by atoms with van der Waals surface area (Å²) in [5.74, 6) is -3.82. The molecule has 6 rings (SSSR count). The van der Waals surface area contributed by atoms with E-state index < -0.39 is 48.1 Å². The fourth-order valence-corrected chi connectivity index (χ4v) is 7.11. The number of rotatable bonds is 11. The van der Waals surface area contributed by atoms with Crippen molar-refractivity contribution in [1.82, 2.24) is 25.8 Å². The molecule has 4 N–H and O–H groups in total. The molecular formula is C33H35F2N5O6. The lowest BCUT2D eigenvalue weighted by atomic mass is 9.91. The molecule has 2 aliphatic heterocycles. The molecule has 5 atom stereocenters. The summed E-state index contributed by atoms with van der Waals surface area (Å²) in [4.78, 5) is 71.3. The van der Waals surface area contributed by atoms with Crippen LogP contribution in [-0.4, -0.2) is 71.1 Å². The van der Waals surface area contributed by atoms with Gasteiger partial charge in [0.25, 0.3) is 11.8 Å². The second-order valence-electron chi connectivity index (χ2n) is 12.1. The highest BCUT2D eigenvalue weighted by Gasteiger charge is 2.50. The van der Waals surface area contributed by atoms with E-state index in [9.17, 15) is 32.8 Å². The number of fused-ring (bicyclic) bond motifs is 2. The van der Waals surface area contributed by atoms with Crippen LogP contribution in [0.15, 0.2) is 54.6 Å². The van der Waals surface area contributed by atoms with Gasteiger partial charge in [0.2, 0.25) is 17.6 Å². The van der Waals surface area contributed by atoms with Gasteiger partial charge < -0.3 is 30.6 Å². The van der Waals surface area contributed by atoms with Crippen molar-refractivity contribution in [3.05, 3.63) is 65.9 Å². The molecule has 46 heavy (non-hydrogen) atoms. The SMILES string of the molecule is O=C(NCc1ccccc1)C(=O)[C@H](CC1CCNC1=O)NC(=O)[C@@H]1[C@H]2CCC[C@H]2CN1C(=O)c1cc2c(OC(F)F)cccc2[nH]1. The summed E-state index contributed by atoms with van der Waals surface area (Å²) in [6, 6.07) is 12.8. The number of hydrogen-bond acceptors (Lipinski definition) is 6. The number of Topliss-reactive ketones (excluding diaryl/α,β-unsaturated/α-hetero) is 1. The van der Waals surface area contributed by atoms with Gasteiger partial charge in [-0.2, -0.15) is 8.78 Å². The van der Waals surface area contributed by atoms with Crippen LogP contribution in [0, 0.1) is 17.8 Å². The Kier molecular flexibility index (Phi) is 9.00. The van der Waals surface area contributed by atoms with Crippen LogP contribution in [0.5, 0.6) is 5.75 Å². The number of ether oxygens (including phenoxy) is 1. The Hall–Kier alpha value is -4.81. The highest BCUT2D eigenvalue weighted by atomic mass is 19.3. The first-order valence-electron chi connectivity index (χ1n) is 15.5. The van der Waals surface area contributed by atoms with E-state index in [4.69, 9.17) is 0 Å². The molecule has 11 nitrogen and oxygen atoms in total. The number of nitrogens with zero attached hydrogens (tertiary/aromatic N) is 1. The van der Waals surface area contributed by atoms with E-state index >= 15 is 0 Å². The first-order valence-corrected chi connectivity index (χ1v) is 15.5. The molecule has 1 aliphatic carbocycles. The normalized spacial score (nSPS) is 22.8. The Labute approximate surface area is 263 Å². The van der Waals surface area contributed by atoms with Crippen LogP contribution < -0.4 is 20.7 Å². The number of aromatic amines is 1. The average molecular weight is 636 g/mol. The zero-order chi connectivity index (χ0) is 32.4. The van der Waals surface area contributed by atoms with Crippen LogP contribution in [0.25, 0.3) is 10.9 Å². The molecule has 1 unspecified atom stereocenters. The van der Waals surface area contributed by atoms with E-state index in [-0.39, 0.29) is 42.2 Å². The van der Waals surface area contributed by atoms with Crippen LogP contribution in [0.3, 0.4) is 0 Å². The van der Waals surface area contributed by atoms with Gasteiger partial charge in [0.15, 0.2) is 0 Å². The van der Waals surface area contributed by atoms with Gasteiger partial charge in [-0.25, -0.2) is 0 Å². The van der Waals surface area contributed by atoms with Crippen molar-refractivity contribution in [1.29, 1.82) is 0 Å². The molecule has 2 saturated heterocycles. The largest absolute Gasteiger partial charge is 0.434 e. The Morgan fingerprint density at radius 3 is 2.57 bits per heavy atom. The molecule has 0 spiro atoms. The Morgan fingerprint density at radius 1 is 1.02 bits per heavy atom. The van der Waals surface area contributed by atoms with E-state index in [2.05, 4.69) is 25.7 Å². The molecule has 0 radical (unpaired) electrons. The third kappa shape index (κ3) is 6.44. The summed E-state index contributed by atoms with van der Waals surface area (Å²) in [6.45, 7) is -2.20. The van der Waals surface area contributed by atoms with Gasteiger partial charge in [-0.15, -0.1) is 0 Å². The van der Waals surface area contributed by atoms with E-state index in [1.807, 2.05) is 18.2 Å². The molecule has 3 aromatic rings. The minimum atomic E-state index is -3.04. The molecule has 1 aromatic heterocycles. The first-order chi connectivity index (χ1) is 22.2. The molecule has 3 heterocycles. The van der Waals surface area contributed by atoms with E-state index in [1.165, 1.54) is 23.1 Å². The number of hydrogen-bond donors (Lipinski definition) is 4. The Bertz CT molecular complexity index is 1650. The summed E-state index contributed by atoms with van der Waals surface area (Å²) in [6.07, 6.45) is 2.81. The first kappa shape index (κ1) is 31.2. The number of nitrogens with one attached hydrogen (secondary N) is 4. The van der Waals surface area contributed by atoms with Crippen LogP contribution in [0.1, 0.15) is 48.2 Å². The molecule has 0 bridgehead atoms. The monoisotopic (exact) mass is 635 g/mol. The highest BCUT2D eigenvalue weighted by molar-refractivity contribution is 6.38. The van der Waals surface area contributed by atoms with Crippen molar-refractivity contribution >= 4 is 40.3 Å². The Morgan fingerprint density at radius 2 is 1.83 bits per heavy atom. The molecule has 2 aromatic carbocycles. The zero-order valence-electron chi connectivity index (χ0n) is 25.0. The number of aromatic nitrogens is 1. The minimum absolute atomic E-state index is 0.0567. The van der Waals surface area contributed by atoms with Crippen LogP contribution >= 0.6 is 0 Å². The van der Waals surface area contributed by atoms with Crippen molar-refractivity contribution in [2.24, 2.45) is 17.8 Å². The number of carbonyl (C=O) groups excluding carboxylic acids is 5. The smallest absolute Gasteiger partial charge is 0.387 e. The second kappa shape index (κ2) is 13.3. The van der Waals surface area contributed by atoms with Gasteiger partial charge in [0.1, 0.15) is 17.5 Å². The fraction of sp³-hybridized carbons (Fsp3) is 0.424. The van der Waals surface area contributed by atoms with Crippen LogP contribution in [0.2, 0.25) is 0 Å². The predicted octanol–water partition coefficient (Wildman–Crippen LogP) is 2.91. The van der Waals surface area contributed by atoms with Gasteiger partial charge in [-0.05, 0) is 61.3 Å². The van der Waals surface area contributed by atoms with Gasteiger partial charge in [0, 0.05) is 36.5 Å². The topological polar surface area (TPSA) is 150 Å². The van der Waals surface area contributed by atoms with Gasteiger partial charge in [0.05, 0.1) is 6.04 Å². The maximum Gasteiger partial charge on any atom is 0.387 e. The number of likely N-dealkylation sites (tertiary alicyclic amines) is 1. The van der Waals surface area contributed by atoms with E-state index in [0.717, 1.165) is 18.4 Å². The van der Waals surface area contributed by atoms with Gasteiger partial charge >= 0.3 is 6.61 Å². The molecule has 3 aliphatic rings. The summed E-state index contributed by atoms with van der Waals surface area (Å²) in [7, 11) is 0. The lowest BCUT2D eigenvalue weighted by molar-refractivity contribution is -0.141. The van der Waals surface area contributed by atoms with E-state index in [1.54, 1.807) is 18.2 Å². The second-order valence-corrected chi connectivity index (χ2v) is 12.1. The minimum Gasteiger partial charge on any atom is -0.434 e.